The number of hydrogen-bond donors (Lipinski definition) is 1. The van der Waals surface area contributed by atoms with E-state index in [2.05, 4.69) is 32.6 Å². The fraction of sp³-hybridized carbons (Fsp3) is 0.483. The Hall–Kier alpha value is -2.74. The van der Waals surface area contributed by atoms with Crippen LogP contribution < -0.4 is 4.74 Å². The lowest BCUT2D eigenvalue weighted by Gasteiger charge is -2.26. The number of rotatable bonds is 13. The van der Waals surface area contributed by atoms with E-state index in [-0.39, 0.29) is 11.7 Å². The Morgan fingerprint density at radius 1 is 1.03 bits per heavy atom. The number of hydrogen-bond acceptors (Lipinski definition) is 5. The van der Waals surface area contributed by atoms with Crippen molar-refractivity contribution in [3.8, 4) is 17.3 Å². The lowest BCUT2D eigenvalue weighted by atomic mass is 10.1. The zero-order chi connectivity index (χ0) is 25.7. The molecular weight excluding hydrogens is 457 g/mol. The minimum Gasteiger partial charge on any atom is -0.435 e. The summed E-state index contributed by atoms with van der Waals surface area (Å²) in [4.78, 5) is 2.29. The van der Waals surface area contributed by atoms with Crippen LogP contribution in [0.4, 0.5) is 4.39 Å². The van der Waals surface area contributed by atoms with E-state index < -0.39 is 11.9 Å². The van der Waals surface area contributed by atoms with Crippen molar-refractivity contribution >= 4 is 0 Å². The van der Waals surface area contributed by atoms with Crippen molar-refractivity contribution in [2.24, 2.45) is 5.92 Å². The molecule has 0 unspecified atom stereocenters. The highest BCUT2D eigenvalue weighted by atomic mass is 19.1. The number of aliphatic hydroxyl groups excluding tert-OH is 1. The lowest BCUT2D eigenvalue weighted by Crippen LogP contribution is -2.36. The molecule has 0 aliphatic heterocycles. The summed E-state index contributed by atoms with van der Waals surface area (Å²) in [5, 5.41) is 15.7. The first-order valence-corrected chi connectivity index (χ1v) is 12.9. The molecule has 1 saturated carbocycles. The molecule has 1 aliphatic carbocycles. The average Bonchev–Trinajstić information content (AvgIpc) is 3.63. The molecule has 194 valence electrons. The van der Waals surface area contributed by atoms with Crippen LogP contribution >= 0.6 is 0 Å². The van der Waals surface area contributed by atoms with Gasteiger partial charge >= 0.3 is 0 Å². The van der Waals surface area contributed by atoms with E-state index in [1.165, 1.54) is 6.07 Å². The second-order valence-electron chi connectivity index (χ2n) is 10.3. The second-order valence-corrected chi connectivity index (χ2v) is 10.3. The SMILES string of the molecule is CC(C)COC[C@@H](O)CN(Cc1c(C(C)C)nn(-c2ccccc2)c1Oc1ccccc1F)C1CC1. The van der Waals surface area contributed by atoms with Crippen molar-refractivity contribution in [2.75, 3.05) is 19.8 Å². The van der Waals surface area contributed by atoms with Gasteiger partial charge in [0.1, 0.15) is 0 Å². The number of para-hydroxylation sites is 2. The lowest BCUT2D eigenvalue weighted by molar-refractivity contribution is 0.00534. The highest BCUT2D eigenvalue weighted by molar-refractivity contribution is 5.44. The summed E-state index contributed by atoms with van der Waals surface area (Å²) in [6.45, 7) is 10.4. The van der Waals surface area contributed by atoms with Gasteiger partial charge in [-0.05, 0) is 48.9 Å². The van der Waals surface area contributed by atoms with Gasteiger partial charge in [-0.15, -0.1) is 0 Å². The van der Waals surface area contributed by atoms with E-state index in [0.29, 0.717) is 44.1 Å². The fourth-order valence-electron chi connectivity index (χ4n) is 4.29. The highest BCUT2D eigenvalue weighted by Crippen LogP contribution is 2.37. The number of ether oxygens (including phenoxy) is 2. The van der Waals surface area contributed by atoms with Crippen molar-refractivity contribution < 1.29 is 19.0 Å². The smallest absolute Gasteiger partial charge is 0.227 e. The molecule has 1 heterocycles. The van der Waals surface area contributed by atoms with E-state index in [0.717, 1.165) is 29.8 Å². The first-order chi connectivity index (χ1) is 17.3. The monoisotopic (exact) mass is 495 g/mol. The Morgan fingerprint density at radius 2 is 1.72 bits per heavy atom. The normalized spacial score (nSPS) is 14.7. The number of aliphatic hydroxyl groups is 1. The first kappa shape index (κ1) is 26.3. The molecule has 2 aromatic carbocycles. The molecule has 4 rings (SSSR count). The number of benzene rings is 2. The molecular formula is C29H38FN3O3. The predicted octanol–water partition coefficient (Wildman–Crippen LogP) is 5.93. The Bertz CT molecular complexity index is 1110. The second kappa shape index (κ2) is 12.0. The Kier molecular flexibility index (Phi) is 8.77. The van der Waals surface area contributed by atoms with Crippen molar-refractivity contribution in [2.45, 2.75) is 65.1 Å². The van der Waals surface area contributed by atoms with Gasteiger partial charge in [0.15, 0.2) is 11.6 Å². The highest BCUT2D eigenvalue weighted by Gasteiger charge is 2.33. The van der Waals surface area contributed by atoms with Crippen LogP contribution in [-0.4, -0.2) is 51.7 Å². The van der Waals surface area contributed by atoms with Crippen molar-refractivity contribution in [3.63, 3.8) is 0 Å². The van der Waals surface area contributed by atoms with E-state index in [1.807, 2.05) is 30.3 Å². The van der Waals surface area contributed by atoms with Crippen LogP contribution in [0.1, 0.15) is 57.7 Å². The van der Waals surface area contributed by atoms with Crippen LogP contribution in [0.5, 0.6) is 11.6 Å². The molecule has 1 fully saturated rings. The summed E-state index contributed by atoms with van der Waals surface area (Å²) in [5.41, 5.74) is 2.66. The largest absolute Gasteiger partial charge is 0.435 e. The van der Waals surface area contributed by atoms with Gasteiger partial charge in [0, 0.05) is 25.7 Å². The number of aromatic nitrogens is 2. The third-order valence-corrected chi connectivity index (χ3v) is 6.19. The van der Waals surface area contributed by atoms with Gasteiger partial charge < -0.3 is 14.6 Å². The molecule has 6 nitrogen and oxygen atoms in total. The quantitative estimate of drug-likeness (QED) is 0.319. The van der Waals surface area contributed by atoms with E-state index in [1.54, 1.807) is 22.9 Å². The molecule has 3 aromatic rings. The molecule has 0 amide bonds. The van der Waals surface area contributed by atoms with Gasteiger partial charge in [0.05, 0.1) is 29.7 Å². The zero-order valence-electron chi connectivity index (χ0n) is 21.7. The Labute approximate surface area is 213 Å². The predicted molar refractivity (Wildman–Crippen MR) is 139 cm³/mol. The first-order valence-electron chi connectivity index (χ1n) is 12.9. The summed E-state index contributed by atoms with van der Waals surface area (Å²) < 4.78 is 28.4. The minimum atomic E-state index is -0.591. The van der Waals surface area contributed by atoms with Crippen molar-refractivity contribution in [1.29, 1.82) is 0 Å². The van der Waals surface area contributed by atoms with Crippen LogP contribution in [0.3, 0.4) is 0 Å². The van der Waals surface area contributed by atoms with Crippen LogP contribution in [-0.2, 0) is 11.3 Å². The molecule has 7 heteroatoms. The molecule has 36 heavy (non-hydrogen) atoms. The van der Waals surface area contributed by atoms with Crippen molar-refractivity contribution in [3.05, 3.63) is 71.7 Å². The standard InChI is InChI=1S/C29H38FN3O3/c1-20(2)18-35-19-24(34)16-32(22-14-15-22)17-25-28(21(3)4)31-33(23-10-6-5-7-11-23)29(25)36-27-13-9-8-12-26(27)30/h5-13,20-22,24,34H,14-19H2,1-4H3/t24-/m0/s1. The summed E-state index contributed by atoms with van der Waals surface area (Å²) in [5.74, 6) is 0.796. The number of halogens is 1. The Morgan fingerprint density at radius 3 is 2.36 bits per heavy atom. The van der Waals surface area contributed by atoms with Crippen LogP contribution in [0, 0.1) is 11.7 Å². The molecule has 0 bridgehead atoms. The van der Waals surface area contributed by atoms with Gasteiger partial charge in [-0.3, -0.25) is 4.90 Å². The molecule has 1 N–H and O–H groups in total. The Balaban J connectivity index is 1.68. The number of nitrogens with zero attached hydrogens (tertiary/aromatic N) is 3. The van der Waals surface area contributed by atoms with Gasteiger partial charge in [0.25, 0.3) is 0 Å². The molecule has 1 aliphatic rings. The van der Waals surface area contributed by atoms with Crippen molar-refractivity contribution in [1.82, 2.24) is 14.7 Å². The summed E-state index contributed by atoms with van der Waals surface area (Å²) in [7, 11) is 0. The molecule has 0 spiro atoms. The third-order valence-electron chi connectivity index (χ3n) is 6.19. The van der Waals surface area contributed by atoms with Gasteiger partial charge in [-0.25, -0.2) is 9.07 Å². The molecule has 0 radical (unpaired) electrons. The maximum absolute atomic E-state index is 14.6. The van der Waals surface area contributed by atoms with Gasteiger partial charge in [0.2, 0.25) is 5.88 Å². The maximum Gasteiger partial charge on any atom is 0.227 e. The molecule has 0 saturated heterocycles. The summed E-state index contributed by atoms with van der Waals surface area (Å²) >= 11 is 0. The summed E-state index contributed by atoms with van der Waals surface area (Å²) in [6, 6.07) is 16.6. The van der Waals surface area contributed by atoms with Gasteiger partial charge in [-0.2, -0.15) is 5.10 Å². The fourth-order valence-corrected chi connectivity index (χ4v) is 4.29. The molecule has 1 aromatic heterocycles. The van der Waals surface area contributed by atoms with Crippen LogP contribution in [0.2, 0.25) is 0 Å². The van der Waals surface area contributed by atoms with E-state index >= 15 is 0 Å². The molecule has 1 atom stereocenters. The van der Waals surface area contributed by atoms with E-state index in [4.69, 9.17) is 14.6 Å². The maximum atomic E-state index is 14.6. The minimum absolute atomic E-state index is 0.133. The average molecular weight is 496 g/mol. The topological polar surface area (TPSA) is 59.8 Å². The van der Waals surface area contributed by atoms with Crippen LogP contribution in [0.15, 0.2) is 54.6 Å². The zero-order valence-corrected chi connectivity index (χ0v) is 21.7. The summed E-state index contributed by atoms with van der Waals surface area (Å²) in [6.07, 6.45) is 1.59. The van der Waals surface area contributed by atoms with Crippen LogP contribution in [0.25, 0.3) is 5.69 Å². The van der Waals surface area contributed by atoms with E-state index in [9.17, 15) is 9.50 Å². The van der Waals surface area contributed by atoms with Gasteiger partial charge in [-0.1, -0.05) is 58.0 Å². The third kappa shape index (κ3) is 6.72.